The van der Waals surface area contributed by atoms with Crippen LogP contribution in [0, 0.1) is 0 Å². The first-order valence-electron chi connectivity index (χ1n) is 8.54. The van der Waals surface area contributed by atoms with Crippen LogP contribution in [0.3, 0.4) is 0 Å². The number of carbonyl (C=O) groups is 2. The van der Waals surface area contributed by atoms with Gasteiger partial charge in [-0.3, -0.25) is 14.5 Å². The van der Waals surface area contributed by atoms with Crippen LogP contribution in [-0.4, -0.2) is 23.5 Å². The quantitative estimate of drug-likeness (QED) is 0.503. The van der Waals surface area contributed by atoms with E-state index in [-0.39, 0.29) is 5.78 Å². The summed E-state index contributed by atoms with van der Waals surface area (Å²) in [4.78, 5) is 25.3. The first kappa shape index (κ1) is 18.1. The van der Waals surface area contributed by atoms with Crippen molar-refractivity contribution in [3.05, 3.63) is 70.8 Å². The Labute approximate surface area is 144 Å². The van der Waals surface area contributed by atoms with E-state index < -0.39 is 0 Å². The molecule has 0 saturated carbocycles. The molecule has 0 aliphatic rings. The van der Waals surface area contributed by atoms with Gasteiger partial charge in [0.25, 0.3) is 0 Å². The number of carbonyl (C=O) groups excluding carboxylic acids is 2. The normalized spacial score (nSPS) is 10.8. The van der Waals surface area contributed by atoms with Crippen LogP contribution in [-0.2, 0) is 13.1 Å². The van der Waals surface area contributed by atoms with Gasteiger partial charge in [-0.1, -0.05) is 50.2 Å². The first-order chi connectivity index (χ1) is 11.7. The molecule has 3 nitrogen and oxygen atoms in total. The van der Waals surface area contributed by atoms with Crippen LogP contribution < -0.4 is 0 Å². The summed E-state index contributed by atoms with van der Waals surface area (Å²) in [6.45, 7) is 6.61. The van der Waals surface area contributed by atoms with Crippen molar-refractivity contribution in [1.82, 2.24) is 4.90 Å². The molecule has 2 aromatic carbocycles. The lowest BCUT2D eigenvalue weighted by atomic mass is 10.0. The van der Waals surface area contributed by atoms with Gasteiger partial charge >= 0.3 is 0 Å². The highest BCUT2D eigenvalue weighted by Gasteiger charge is 2.09. The average Bonchev–Trinajstić information content (AvgIpc) is 2.61. The van der Waals surface area contributed by atoms with Crippen molar-refractivity contribution in [3.8, 4) is 0 Å². The lowest BCUT2D eigenvalue weighted by Gasteiger charge is -2.21. The number of hydrogen-bond acceptors (Lipinski definition) is 3. The van der Waals surface area contributed by atoms with Crippen LogP contribution in [0.4, 0.5) is 0 Å². The lowest BCUT2D eigenvalue weighted by Crippen LogP contribution is -2.22. The van der Waals surface area contributed by atoms with Crippen LogP contribution in [0.15, 0.2) is 48.5 Å². The Balaban J connectivity index is 2.08. The smallest absolute Gasteiger partial charge is 0.162 e. The number of hydrogen-bond donors (Lipinski definition) is 0. The average molecular weight is 323 g/mol. The van der Waals surface area contributed by atoms with E-state index in [1.807, 2.05) is 49.4 Å². The summed E-state index contributed by atoms with van der Waals surface area (Å²) in [5, 5.41) is 0. The summed E-state index contributed by atoms with van der Waals surface area (Å²) in [7, 11) is 0. The van der Waals surface area contributed by atoms with E-state index in [0.717, 1.165) is 49.0 Å². The van der Waals surface area contributed by atoms with E-state index in [2.05, 4.69) is 17.9 Å². The van der Waals surface area contributed by atoms with Gasteiger partial charge in [0, 0.05) is 30.6 Å². The van der Waals surface area contributed by atoms with Crippen molar-refractivity contribution in [2.75, 3.05) is 6.54 Å². The molecular formula is C21H25NO2. The Hall–Kier alpha value is -2.26. The monoisotopic (exact) mass is 323 g/mol. The fraction of sp³-hybridized carbons (Fsp3) is 0.333. The molecule has 0 unspecified atom stereocenters. The second-order valence-electron chi connectivity index (χ2n) is 6.04. The maximum absolute atomic E-state index is 12.1. The molecule has 0 fully saturated rings. The van der Waals surface area contributed by atoms with E-state index in [1.165, 1.54) is 0 Å². The number of ketones is 1. The van der Waals surface area contributed by atoms with E-state index in [0.29, 0.717) is 12.0 Å². The van der Waals surface area contributed by atoms with Gasteiger partial charge in [-0.15, -0.1) is 0 Å². The minimum Gasteiger partial charge on any atom is -0.298 e. The van der Waals surface area contributed by atoms with Gasteiger partial charge in [0.05, 0.1) is 0 Å². The highest BCUT2D eigenvalue weighted by molar-refractivity contribution is 5.96. The SMILES string of the molecule is CCCC(=O)c1cccc(CN(CC)Cc2cccc(C=O)c2)c1. The Morgan fingerprint density at radius 3 is 2.29 bits per heavy atom. The molecule has 0 N–H and O–H groups in total. The van der Waals surface area contributed by atoms with Crippen LogP contribution in [0.25, 0.3) is 0 Å². The molecule has 0 bridgehead atoms. The van der Waals surface area contributed by atoms with Crippen molar-refractivity contribution >= 4 is 12.1 Å². The maximum Gasteiger partial charge on any atom is 0.162 e. The fourth-order valence-electron chi connectivity index (χ4n) is 2.78. The zero-order valence-electron chi connectivity index (χ0n) is 14.5. The van der Waals surface area contributed by atoms with Crippen LogP contribution in [0.5, 0.6) is 0 Å². The highest BCUT2D eigenvalue weighted by Crippen LogP contribution is 2.14. The van der Waals surface area contributed by atoms with Gasteiger partial charge in [-0.25, -0.2) is 0 Å². The molecule has 0 aliphatic carbocycles. The van der Waals surface area contributed by atoms with E-state index in [1.54, 1.807) is 0 Å². The number of Topliss-reactive ketones (excluding diaryl/α,β-unsaturated/α-hetero) is 1. The van der Waals surface area contributed by atoms with Gasteiger partial charge in [-0.2, -0.15) is 0 Å². The topological polar surface area (TPSA) is 37.4 Å². The predicted octanol–water partition coefficient (Wildman–Crippen LogP) is 4.50. The Morgan fingerprint density at radius 1 is 1.00 bits per heavy atom. The molecule has 24 heavy (non-hydrogen) atoms. The third-order valence-electron chi connectivity index (χ3n) is 4.07. The minimum atomic E-state index is 0.209. The van der Waals surface area contributed by atoms with E-state index >= 15 is 0 Å². The second-order valence-corrected chi connectivity index (χ2v) is 6.04. The molecule has 0 aliphatic heterocycles. The molecule has 0 atom stereocenters. The lowest BCUT2D eigenvalue weighted by molar-refractivity contribution is 0.0981. The number of aldehydes is 1. The van der Waals surface area contributed by atoms with Crippen molar-refractivity contribution in [1.29, 1.82) is 0 Å². The maximum atomic E-state index is 12.1. The molecule has 0 heterocycles. The van der Waals surface area contributed by atoms with Crippen LogP contribution in [0.1, 0.15) is 58.5 Å². The molecule has 0 aromatic heterocycles. The number of rotatable bonds is 9. The van der Waals surface area contributed by atoms with E-state index in [9.17, 15) is 9.59 Å². The molecular weight excluding hydrogens is 298 g/mol. The van der Waals surface area contributed by atoms with Crippen molar-refractivity contribution in [2.45, 2.75) is 39.8 Å². The van der Waals surface area contributed by atoms with E-state index in [4.69, 9.17) is 0 Å². The van der Waals surface area contributed by atoms with Crippen LogP contribution >= 0.6 is 0 Å². The molecule has 0 spiro atoms. The van der Waals surface area contributed by atoms with Crippen molar-refractivity contribution in [3.63, 3.8) is 0 Å². The minimum absolute atomic E-state index is 0.209. The highest BCUT2D eigenvalue weighted by atomic mass is 16.1. The fourth-order valence-corrected chi connectivity index (χ4v) is 2.78. The predicted molar refractivity (Wildman–Crippen MR) is 97.3 cm³/mol. The summed E-state index contributed by atoms with van der Waals surface area (Å²) in [6.07, 6.45) is 2.35. The summed E-state index contributed by atoms with van der Waals surface area (Å²) in [6, 6.07) is 15.6. The first-order valence-corrected chi connectivity index (χ1v) is 8.54. The Morgan fingerprint density at radius 2 is 1.67 bits per heavy atom. The zero-order chi connectivity index (χ0) is 17.4. The Bertz CT molecular complexity index is 694. The Kier molecular flexibility index (Phi) is 6.89. The third-order valence-corrected chi connectivity index (χ3v) is 4.07. The van der Waals surface area contributed by atoms with Gasteiger partial charge in [0.2, 0.25) is 0 Å². The molecule has 3 heteroatoms. The zero-order valence-corrected chi connectivity index (χ0v) is 14.5. The number of nitrogens with zero attached hydrogens (tertiary/aromatic N) is 1. The molecule has 0 radical (unpaired) electrons. The molecule has 0 saturated heterocycles. The van der Waals surface area contributed by atoms with Gasteiger partial charge < -0.3 is 0 Å². The van der Waals surface area contributed by atoms with Crippen molar-refractivity contribution in [2.24, 2.45) is 0 Å². The summed E-state index contributed by atoms with van der Waals surface area (Å²) in [5.74, 6) is 0.209. The largest absolute Gasteiger partial charge is 0.298 e. The third kappa shape index (κ3) is 5.14. The molecule has 2 aromatic rings. The second kappa shape index (κ2) is 9.14. The standard InChI is InChI=1S/C21H25NO2/c1-3-7-21(24)20-11-6-9-18(13-20)15-22(4-2)14-17-8-5-10-19(12-17)16-23/h5-6,8-13,16H,3-4,7,14-15H2,1-2H3. The van der Waals surface area contributed by atoms with Gasteiger partial charge in [0.1, 0.15) is 6.29 Å². The molecule has 2 rings (SSSR count). The number of benzene rings is 2. The molecule has 126 valence electrons. The van der Waals surface area contributed by atoms with Gasteiger partial charge in [-0.05, 0) is 36.2 Å². The summed E-state index contributed by atoms with van der Waals surface area (Å²) < 4.78 is 0. The van der Waals surface area contributed by atoms with Gasteiger partial charge in [0.15, 0.2) is 5.78 Å². The summed E-state index contributed by atoms with van der Waals surface area (Å²) in [5.41, 5.74) is 3.77. The van der Waals surface area contributed by atoms with Crippen LogP contribution in [0.2, 0.25) is 0 Å². The molecule has 0 amide bonds. The van der Waals surface area contributed by atoms with Crippen molar-refractivity contribution < 1.29 is 9.59 Å². The summed E-state index contributed by atoms with van der Waals surface area (Å²) >= 11 is 0.